The van der Waals surface area contributed by atoms with E-state index in [0.717, 1.165) is 21.6 Å². The van der Waals surface area contributed by atoms with E-state index >= 15 is 0 Å². The van der Waals surface area contributed by atoms with Crippen molar-refractivity contribution in [2.45, 2.75) is 36.7 Å². The molecule has 5 aromatic rings. The maximum absolute atomic E-state index is 13.4. The third-order valence-corrected chi connectivity index (χ3v) is 12.5. The number of aromatic nitrogens is 5. The summed E-state index contributed by atoms with van der Waals surface area (Å²) in [6.07, 6.45) is -4.39. The van der Waals surface area contributed by atoms with Crippen molar-refractivity contribution in [3.63, 3.8) is 0 Å². The Morgan fingerprint density at radius 1 is 0.966 bits per heavy atom. The van der Waals surface area contributed by atoms with E-state index in [-0.39, 0.29) is 53.0 Å². The van der Waals surface area contributed by atoms with E-state index in [0.29, 0.717) is 16.7 Å². The first-order chi connectivity index (χ1) is 28.0. The number of benzene rings is 3. The molecule has 3 aromatic carbocycles. The number of hydrogen-bond donors (Lipinski definition) is 6. The van der Waals surface area contributed by atoms with Gasteiger partial charge in [0.15, 0.2) is 17.3 Å². The molecule has 1 saturated heterocycles. The number of carbonyl (C=O) groups is 2. The van der Waals surface area contributed by atoms with Gasteiger partial charge in [-0.1, -0.05) is 35.5 Å². The van der Waals surface area contributed by atoms with Gasteiger partial charge in [0.05, 0.1) is 24.9 Å². The summed E-state index contributed by atoms with van der Waals surface area (Å²) in [5.41, 5.74) is 3.30. The largest absolute Gasteiger partial charge is 0.872 e. The van der Waals surface area contributed by atoms with Crippen molar-refractivity contribution in [2.24, 2.45) is 0 Å². The molecule has 6 atom stereocenters. The van der Waals surface area contributed by atoms with E-state index in [1.165, 1.54) is 60.7 Å². The van der Waals surface area contributed by atoms with Gasteiger partial charge in [-0.15, -0.1) is 16.6 Å². The van der Waals surface area contributed by atoms with Gasteiger partial charge in [-0.2, -0.15) is 4.98 Å². The Morgan fingerprint density at radius 2 is 1.64 bits per heavy atom. The molecule has 3 aliphatic rings. The summed E-state index contributed by atoms with van der Waals surface area (Å²) in [6.45, 7) is -1.21. The number of nitrogens with one attached hydrogen (secondary N) is 1. The van der Waals surface area contributed by atoms with Gasteiger partial charge in [-0.25, -0.2) is 23.1 Å². The summed E-state index contributed by atoms with van der Waals surface area (Å²) in [5, 5.41) is 54.9. The first-order valence-corrected chi connectivity index (χ1v) is 20.3. The van der Waals surface area contributed by atoms with Gasteiger partial charge < -0.3 is 55.5 Å². The summed E-state index contributed by atoms with van der Waals surface area (Å²) in [5.74, 6) is -2.09. The van der Waals surface area contributed by atoms with Gasteiger partial charge in [0.25, 0.3) is 5.91 Å². The molecule has 25 heteroatoms. The molecular weight excluding hydrogens is 824 g/mol. The van der Waals surface area contributed by atoms with Gasteiger partial charge in [-0.05, 0) is 30.3 Å². The maximum atomic E-state index is 13.4. The number of aliphatic hydroxyl groups excluding tert-OH is 2. The summed E-state index contributed by atoms with van der Waals surface area (Å²) >= 11 is 0. The number of fused-ring (bicyclic) bond motifs is 6. The Morgan fingerprint density at radius 3 is 2.32 bits per heavy atom. The molecule has 0 saturated carbocycles. The lowest BCUT2D eigenvalue weighted by atomic mass is 9.77. The van der Waals surface area contributed by atoms with Crippen LogP contribution >= 0.6 is 15.4 Å². The summed E-state index contributed by atoms with van der Waals surface area (Å²) in [6, 6.07) is 13.4. The third-order valence-electron chi connectivity index (χ3n) is 9.53. The zero-order chi connectivity index (χ0) is 42.0. The van der Waals surface area contributed by atoms with Crippen LogP contribution in [0.4, 0.5) is 5.82 Å². The van der Waals surface area contributed by atoms with E-state index < -0.39 is 75.2 Å². The van der Waals surface area contributed by atoms with Crippen molar-refractivity contribution in [1.82, 2.24) is 29.9 Å². The number of phosphoric ester groups is 1. The molecule has 0 bridgehead atoms. The molecule has 2 unspecified atom stereocenters. The molecule has 0 radical (unpaired) electrons. The highest BCUT2D eigenvalue weighted by Crippen LogP contribution is 2.59. The Balaban J connectivity index is 0.891. The molecule has 2 aromatic heterocycles. The number of hydrogen-bond acceptors (Lipinski definition) is 18. The van der Waals surface area contributed by atoms with Crippen LogP contribution in [0.25, 0.3) is 0 Å². The van der Waals surface area contributed by atoms with Crippen LogP contribution in [0.1, 0.15) is 43.6 Å². The lowest BCUT2D eigenvalue weighted by molar-refractivity contribution is -0.268. The molecule has 1 fully saturated rings. The van der Waals surface area contributed by atoms with Gasteiger partial charge in [-0.3, -0.25) is 18.5 Å². The minimum absolute atomic E-state index is 0.0416. The Labute approximate surface area is 329 Å². The first kappa shape index (κ1) is 39.8. The molecule has 1 amide bonds. The molecule has 7 N–H and O–H groups in total. The first-order valence-electron chi connectivity index (χ1n) is 17.2. The lowest BCUT2D eigenvalue weighted by Gasteiger charge is -2.37. The number of carbonyl (C=O) groups excluding carboxylic acids is 2. The number of esters is 1. The average molecular weight is 854 g/mol. The predicted molar refractivity (Wildman–Crippen MR) is 191 cm³/mol. The van der Waals surface area contributed by atoms with Crippen molar-refractivity contribution in [2.75, 3.05) is 18.9 Å². The number of anilines is 1. The number of amides is 1. The topological polar surface area (TPSA) is 345 Å². The maximum Gasteiger partial charge on any atom is 0.479 e. The molecule has 0 aliphatic carbocycles. The molecule has 3 aliphatic heterocycles. The molecule has 23 nitrogen and oxygen atoms in total. The lowest BCUT2D eigenvalue weighted by Crippen LogP contribution is -2.36. The number of nitrogens with zero attached hydrogens (tertiary/aromatic N) is 5. The summed E-state index contributed by atoms with van der Waals surface area (Å²) in [7, 11) is -10.6. The highest BCUT2D eigenvalue weighted by Gasteiger charge is 2.53. The molecular formula is C34H29N7O16P2-2. The standard InChI is InChI=1S/C34H31N7O16P2/c35-26-7-9-41(33(48)37-26)31-29(45)28(44)25(55-31)15-53-59(51,52)57-58(49,50)27-14-40(39-38-27)10-8-36-30(46)16-1-4-20-19(11-16)32(47)56-34(20)21-5-2-17(42)12-23(21)54-24-13-18(43)3-6-22(24)34/h1-7,9,11-14,25,28-29,31,42-45H,8,10,15H2,(H,36,46)(H,49,50)(H,51,52)(H2,35,37,48)/p-2/t25-,28-,29-,31-/m1/s1. The smallest absolute Gasteiger partial charge is 0.479 e. The van der Waals surface area contributed by atoms with E-state index in [2.05, 4.69) is 24.9 Å². The third kappa shape index (κ3) is 7.24. The number of nitrogen functional groups attached to an aromatic ring is 1. The SMILES string of the molecule is Nc1ccn([C@@H]2O[C@H](COP(=O)(O)OP(=O)(O)c3cn(CCNC(=O)c4ccc5c(c4)C(=O)OC54c5ccc([O-])cc5Oc5cc([O-])ccc54)nn3)[C@@H](O)[C@H]2O)c(=O)n1. The zero-order valence-corrected chi connectivity index (χ0v) is 31.5. The van der Waals surface area contributed by atoms with Crippen molar-refractivity contribution in [3.05, 3.63) is 111 Å². The minimum atomic E-state index is -5.38. The second kappa shape index (κ2) is 14.7. The van der Waals surface area contributed by atoms with Crippen molar-refractivity contribution in [3.8, 4) is 23.0 Å². The van der Waals surface area contributed by atoms with E-state index in [1.54, 1.807) is 0 Å². The normalized spacial score (nSPS) is 22.0. The monoisotopic (exact) mass is 853 g/mol. The van der Waals surface area contributed by atoms with E-state index in [9.17, 15) is 53.7 Å². The number of rotatable bonds is 11. The van der Waals surface area contributed by atoms with Crippen molar-refractivity contribution in [1.29, 1.82) is 0 Å². The van der Waals surface area contributed by atoms with Crippen LogP contribution in [-0.4, -0.2) is 87.9 Å². The van der Waals surface area contributed by atoms with Gasteiger partial charge in [0, 0.05) is 35.0 Å². The Hall–Kier alpha value is -6.00. The van der Waals surface area contributed by atoms with Crippen LogP contribution in [0.5, 0.6) is 23.0 Å². The van der Waals surface area contributed by atoms with Crippen LogP contribution in [-0.2, 0) is 39.6 Å². The van der Waals surface area contributed by atoms with Crippen LogP contribution < -0.4 is 37.1 Å². The quantitative estimate of drug-likeness (QED) is 0.0673. The molecule has 5 heterocycles. The van der Waals surface area contributed by atoms with Crippen LogP contribution in [0.15, 0.2) is 77.9 Å². The highest BCUT2D eigenvalue weighted by atomic mass is 31.3. The van der Waals surface area contributed by atoms with Gasteiger partial charge in [0.1, 0.15) is 35.6 Å². The second-order valence-electron chi connectivity index (χ2n) is 13.3. The Bertz CT molecular complexity index is 2640. The number of nitrogens with two attached hydrogens (primary N) is 1. The molecule has 59 heavy (non-hydrogen) atoms. The fourth-order valence-corrected chi connectivity index (χ4v) is 9.24. The summed E-state index contributed by atoms with van der Waals surface area (Å²) in [4.78, 5) is 62.8. The number of ether oxygens (including phenoxy) is 3. The van der Waals surface area contributed by atoms with E-state index in [1.807, 2.05) is 0 Å². The Kier molecular flexibility index (Phi) is 9.90. The minimum Gasteiger partial charge on any atom is -0.872 e. The fourth-order valence-electron chi connectivity index (χ4n) is 6.83. The summed E-state index contributed by atoms with van der Waals surface area (Å²) < 4.78 is 53.9. The van der Waals surface area contributed by atoms with Gasteiger partial charge >= 0.3 is 27.1 Å². The van der Waals surface area contributed by atoms with E-state index in [4.69, 9.17) is 24.5 Å². The highest BCUT2D eigenvalue weighted by molar-refractivity contribution is 7.69. The van der Waals surface area contributed by atoms with Crippen molar-refractivity contribution < 1.29 is 72.0 Å². The molecule has 308 valence electrons. The van der Waals surface area contributed by atoms with Crippen molar-refractivity contribution >= 4 is 38.5 Å². The van der Waals surface area contributed by atoms with Gasteiger partial charge in [0.2, 0.25) is 0 Å². The zero-order valence-electron chi connectivity index (χ0n) is 29.8. The number of aliphatic hydroxyl groups is 2. The molecule has 1 spiro atoms. The average Bonchev–Trinajstić information content (AvgIpc) is 3.85. The van der Waals surface area contributed by atoms with Crippen LogP contribution in [0.3, 0.4) is 0 Å². The van der Waals surface area contributed by atoms with Crippen LogP contribution in [0, 0.1) is 0 Å². The fraction of sp³-hybridized carbons (Fsp3) is 0.235. The van der Waals surface area contributed by atoms with Crippen LogP contribution in [0.2, 0.25) is 0 Å². The second-order valence-corrected chi connectivity index (χ2v) is 16.6. The predicted octanol–water partition coefficient (Wildman–Crippen LogP) is -1.17. The number of phosphoric acid groups is 1. The molecule has 8 rings (SSSR count).